The average Bonchev–Trinajstić information content (AvgIpc) is 3.05. The van der Waals surface area contributed by atoms with Crippen LogP contribution in [-0.2, 0) is 13.5 Å². The number of aliphatic hydroxyl groups excluding tert-OH is 1. The molecule has 0 fully saturated rings. The van der Waals surface area contributed by atoms with Crippen molar-refractivity contribution >= 4 is 17.5 Å². The quantitative estimate of drug-likeness (QED) is 0.383. The Morgan fingerprint density at radius 3 is 2.66 bits per heavy atom. The topological polar surface area (TPSA) is 87.4 Å². The van der Waals surface area contributed by atoms with E-state index in [-0.39, 0.29) is 29.8 Å². The third-order valence-electron chi connectivity index (χ3n) is 4.44. The lowest BCUT2D eigenvalue weighted by molar-refractivity contribution is 0.00237. The summed E-state index contributed by atoms with van der Waals surface area (Å²) >= 11 is 5.98. The minimum atomic E-state index is -2.96. The fourth-order valence-corrected chi connectivity index (χ4v) is 3.21. The second-order valence-corrected chi connectivity index (χ2v) is 7.18. The molecule has 0 aliphatic carbocycles. The zero-order valence-corrected chi connectivity index (χ0v) is 18.2. The van der Waals surface area contributed by atoms with Gasteiger partial charge in [-0.25, -0.2) is 13.2 Å². The number of nitrogens with zero attached hydrogens (tertiary/aromatic N) is 2. The van der Waals surface area contributed by atoms with E-state index in [1.165, 1.54) is 26.1 Å². The van der Waals surface area contributed by atoms with E-state index in [0.717, 1.165) is 16.8 Å². The first-order valence-corrected chi connectivity index (χ1v) is 9.94. The Hall–Kier alpha value is -2.88. The lowest BCUT2D eigenvalue weighted by atomic mass is 10.0. The van der Waals surface area contributed by atoms with Gasteiger partial charge in [0, 0.05) is 30.6 Å². The van der Waals surface area contributed by atoms with E-state index in [0.29, 0.717) is 10.6 Å². The van der Waals surface area contributed by atoms with Crippen molar-refractivity contribution in [1.29, 1.82) is 0 Å². The number of alkyl halides is 2. The van der Waals surface area contributed by atoms with E-state index < -0.39 is 30.1 Å². The fraction of sp³-hybridized carbons (Fsp3) is 0.273. The number of nitrogens with one attached hydrogen (secondary N) is 1. The predicted molar refractivity (Wildman–Crippen MR) is 115 cm³/mol. The van der Waals surface area contributed by atoms with Gasteiger partial charge in [-0.3, -0.25) is 9.48 Å². The van der Waals surface area contributed by atoms with E-state index in [1.54, 1.807) is 24.3 Å². The minimum Gasteiger partial charge on any atom is -0.365 e. The summed E-state index contributed by atoms with van der Waals surface area (Å²) in [6.07, 6.45) is -0.0170. The Balaban J connectivity index is 2.34. The van der Waals surface area contributed by atoms with Crippen LogP contribution in [0.5, 0.6) is 0 Å². The molecule has 2 aromatic rings. The molecule has 32 heavy (non-hydrogen) atoms. The van der Waals surface area contributed by atoms with Crippen molar-refractivity contribution in [3.8, 4) is 0 Å². The maximum atomic E-state index is 14.1. The van der Waals surface area contributed by atoms with Crippen LogP contribution in [0.25, 0.3) is 0 Å². The number of hydrogen-bond acceptors (Lipinski definition) is 4. The van der Waals surface area contributed by atoms with Crippen molar-refractivity contribution < 1.29 is 28.2 Å². The van der Waals surface area contributed by atoms with E-state index in [2.05, 4.69) is 10.4 Å². The summed E-state index contributed by atoms with van der Waals surface area (Å²) in [6.45, 7) is 1.11. The number of benzene rings is 1. The molecule has 10 heteroatoms. The van der Waals surface area contributed by atoms with Gasteiger partial charge >= 0.3 is 0 Å². The fourth-order valence-electron chi connectivity index (χ4n) is 3.00. The Morgan fingerprint density at radius 1 is 1.34 bits per heavy atom. The highest BCUT2D eigenvalue weighted by atomic mass is 35.5. The van der Waals surface area contributed by atoms with Crippen molar-refractivity contribution in [3.05, 3.63) is 87.5 Å². The maximum Gasteiger partial charge on any atom is 0.280 e. The third-order valence-corrected chi connectivity index (χ3v) is 4.67. The molecule has 1 aromatic carbocycles. The summed E-state index contributed by atoms with van der Waals surface area (Å²) in [6, 6.07) is 6.73. The molecule has 0 aliphatic heterocycles. The Bertz CT molecular complexity index is 1050. The molecule has 1 amide bonds. The molecule has 0 radical (unpaired) electrons. The highest BCUT2D eigenvalue weighted by Gasteiger charge is 2.28. The zero-order chi connectivity index (χ0) is 23.8. The van der Waals surface area contributed by atoms with Crippen LogP contribution in [0.4, 0.5) is 13.2 Å². The van der Waals surface area contributed by atoms with Gasteiger partial charge in [-0.2, -0.15) is 5.10 Å². The number of allylic oxidation sites excluding steroid dienone is 3. The number of aliphatic hydroxyl groups is 2. The number of halogens is 4. The molecule has 2 rings (SSSR count). The van der Waals surface area contributed by atoms with Crippen LogP contribution in [0, 0.1) is 0 Å². The molecule has 0 bridgehead atoms. The van der Waals surface area contributed by atoms with E-state index in [4.69, 9.17) is 21.8 Å². The normalized spacial score (nSPS) is 12.9. The van der Waals surface area contributed by atoms with Crippen molar-refractivity contribution in [1.82, 2.24) is 15.1 Å². The average molecular weight is 470 g/mol. The summed E-state index contributed by atoms with van der Waals surface area (Å²) in [5.74, 6) is -1.51. The van der Waals surface area contributed by atoms with Crippen molar-refractivity contribution in [2.24, 2.45) is 7.05 Å². The van der Waals surface area contributed by atoms with Gasteiger partial charge < -0.3 is 15.5 Å². The maximum absolute atomic E-state index is 14.1. The van der Waals surface area contributed by atoms with Crippen molar-refractivity contribution in [3.63, 3.8) is 0 Å². The molecule has 1 heterocycles. The van der Waals surface area contributed by atoms with Gasteiger partial charge in [-0.05, 0) is 30.7 Å². The van der Waals surface area contributed by atoms with Crippen LogP contribution in [0.3, 0.4) is 0 Å². The molecule has 0 atom stereocenters. The van der Waals surface area contributed by atoms with E-state index in [1.807, 2.05) is 0 Å². The number of carbonyl (C=O) groups excluding carboxylic acids is 1. The lowest BCUT2D eigenvalue weighted by Gasteiger charge is -2.10. The Morgan fingerprint density at radius 2 is 2.06 bits per heavy atom. The van der Waals surface area contributed by atoms with Crippen LogP contribution in [0.15, 0.2) is 60.0 Å². The second kappa shape index (κ2) is 11.7. The van der Waals surface area contributed by atoms with Crippen LogP contribution >= 0.6 is 11.6 Å². The molecule has 172 valence electrons. The van der Waals surface area contributed by atoms with Crippen LogP contribution < -0.4 is 5.32 Å². The smallest absolute Gasteiger partial charge is 0.280 e. The number of carbonyl (C=O) groups is 1. The van der Waals surface area contributed by atoms with Crippen LogP contribution in [0.1, 0.15) is 40.7 Å². The summed E-state index contributed by atoms with van der Waals surface area (Å²) in [5.41, 5.74) is -0.0258. The van der Waals surface area contributed by atoms with Gasteiger partial charge in [-0.15, -0.1) is 0 Å². The summed E-state index contributed by atoms with van der Waals surface area (Å²) in [4.78, 5) is 12.9. The van der Waals surface area contributed by atoms with Crippen molar-refractivity contribution in [2.45, 2.75) is 26.1 Å². The second-order valence-electron chi connectivity index (χ2n) is 6.75. The first kappa shape index (κ1) is 25.4. The van der Waals surface area contributed by atoms with Gasteiger partial charge in [0.1, 0.15) is 11.5 Å². The zero-order valence-electron chi connectivity index (χ0n) is 17.4. The molecule has 0 saturated heterocycles. The predicted octanol–water partition coefficient (Wildman–Crippen LogP) is 4.00. The number of aromatic nitrogens is 2. The van der Waals surface area contributed by atoms with Gasteiger partial charge in [0.2, 0.25) is 0 Å². The van der Waals surface area contributed by atoms with Gasteiger partial charge in [0.05, 0.1) is 11.3 Å². The first-order chi connectivity index (χ1) is 15.1. The van der Waals surface area contributed by atoms with Gasteiger partial charge in [0.15, 0.2) is 6.29 Å². The number of rotatable bonds is 9. The standard InChI is InChI=1S/C22H23ClF3N3O3/c1-3-16(24)14(7-5-9-18(30)31)12-27-22(32)19-17(28-29(2)20(19)21(25)26)11-13-6-4-8-15(23)10-13/h3-10,18,21,30-31H,11-12H2,1-2H3,(H,27,32)/b9-5+,14-7-,16-3+. The molecule has 0 spiro atoms. The first-order valence-electron chi connectivity index (χ1n) is 9.56. The largest absolute Gasteiger partial charge is 0.365 e. The number of hydrogen-bond donors (Lipinski definition) is 3. The molecule has 0 unspecified atom stereocenters. The number of amides is 1. The highest BCUT2D eigenvalue weighted by Crippen LogP contribution is 2.27. The molecular weight excluding hydrogens is 447 g/mol. The van der Waals surface area contributed by atoms with Crippen LogP contribution in [0.2, 0.25) is 5.02 Å². The minimum absolute atomic E-state index is 0.0108. The third kappa shape index (κ3) is 6.81. The van der Waals surface area contributed by atoms with Gasteiger partial charge in [-0.1, -0.05) is 42.0 Å². The molecular formula is C22H23ClF3N3O3. The molecule has 0 aliphatic rings. The van der Waals surface area contributed by atoms with Crippen molar-refractivity contribution in [2.75, 3.05) is 6.54 Å². The SMILES string of the molecule is C\C=C(F)/C(=C\C=C\C(O)O)CNC(=O)c1c(Cc2cccc(Cl)c2)nn(C)c1C(F)F. The van der Waals surface area contributed by atoms with E-state index in [9.17, 15) is 18.0 Å². The molecule has 0 saturated carbocycles. The highest BCUT2D eigenvalue weighted by molar-refractivity contribution is 6.30. The summed E-state index contributed by atoms with van der Waals surface area (Å²) in [5, 5.41) is 24.7. The monoisotopic (exact) mass is 469 g/mol. The Labute approximate surface area is 188 Å². The van der Waals surface area contributed by atoms with Gasteiger partial charge in [0.25, 0.3) is 12.3 Å². The summed E-state index contributed by atoms with van der Waals surface area (Å²) < 4.78 is 42.5. The summed E-state index contributed by atoms with van der Waals surface area (Å²) in [7, 11) is 1.32. The lowest BCUT2D eigenvalue weighted by Crippen LogP contribution is -2.27. The molecule has 6 nitrogen and oxygen atoms in total. The number of aryl methyl sites for hydroxylation is 1. The van der Waals surface area contributed by atoms with E-state index >= 15 is 0 Å². The molecule has 3 N–H and O–H groups in total. The Kier molecular flexibility index (Phi) is 9.25. The molecule has 1 aromatic heterocycles. The van der Waals surface area contributed by atoms with Crippen LogP contribution in [-0.4, -0.2) is 38.7 Å².